The van der Waals surface area contributed by atoms with Gasteiger partial charge in [-0.1, -0.05) is 0 Å². The van der Waals surface area contributed by atoms with Crippen molar-refractivity contribution in [2.24, 2.45) is 7.05 Å². The molecule has 24 heavy (non-hydrogen) atoms. The van der Waals surface area contributed by atoms with E-state index in [0.29, 0.717) is 0 Å². The topological polar surface area (TPSA) is 84.4 Å². The van der Waals surface area contributed by atoms with E-state index >= 15 is 0 Å². The molecule has 1 fully saturated rings. The molecule has 7 nitrogen and oxygen atoms in total. The smallest absolute Gasteiger partial charge is 0.228 e. The molecule has 4 rings (SSSR count). The molecular formula is C16H16N4O3S. The minimum atomic E-state index is -1.01. The summed E-state index contributed by atoms with van der Waals surface area (Å²) in [4.78, 5) is 18.5. The van der Waals surface area contributed by atoms with Crippen LogP contribution in [0.5, 0.6) is 0 Å². The zero-order valence-corrected chi connectivity index (χ0v) is 13.9. The molecule has 3 aromatic heterocycles. The second-order valence-electron chi connectivity index (χ2n) is 5.95. The number of furan rings is 1. The monoisotopic (exact) mass is 344 g/mol. The summed E-state index contributed by atoms with van der Waals surface area (Å²) in [6, 6.07) is 3.62. The van der Waals surface area contributed by atoms with E-state index in [9.17, 15) is 9.90 Å². The van der Waals surface area contributed by atoms with Crippen molar-refractivity contribution < 1.29 is 14.3 Å². The van der Waals surface area contributed by atoms with Crippen molar-refractivity contribution in [1.82, 2.24) is 19.7 Å². The molecule has 0 aromatic carbocycles. The van der Waals surface area contributed by atoms with E-state index < -0.39 is 5.60 Å². The van der Waals surface area contributed by atoms with E-state index in [1.165, 1.54) is 11.3 Å². The second kappa shape index (κ2) is 5.57. The van der Waals surface area contributed by atoms with Crippen LogP contribution in [0.4, 0.5) is 0 Å². The van der Waals surface area contributed by atoms with E-state index in [1.54, 1.807) is 41.4 Å². The van der Waals surface area contributed by atoms with Gasteiger partial charge in [0.25, 0.3) is 0 Å². The molecule has 124 valence electrons. The molecule has 0 spiro atoms. The van der Waals surface area contributed by atoms with Gasteiger partial charge in [0.15, 0.2) is 0 Å². The van der Waals surface area contributed by atoms with Crippen LogP contribution in [-0.2, 0) is 23.9 Å². The van der Waals surface area contributed by atoms with Crippen LogP contribution in [0.1, 0.15) is 11.4 Å². The Bertz CT molecular complexity index is 862. The first-order valence-electron chi connectivity index (χ1n) is 7.51. The molecule has 0 aliphatic carbocycles. The van der Waals surface area contributed by atoms with Crippen molar-refractivity contribution in [2.75, 3.05) is 13.1 Å². The minimum Gasteiger partial charge on any atom is -0.472 e. The third-order valence-electron chi connectivity index (χ3n) is 4.21. The van der Waals surface area contributed by atoms with Gasteiger partial charge >= 0.3 is 0 Å². The van der Waals surface area contributed by atoms with Crippen molar-refractivity contribution in [3.8, 4) is 10.6 Å². The first kappa shape index (κ1) is 15.1. The quantitative estimate of drug-likeness (QED) is 0.773. The van der Waals surface area contributed by atoms with Gasteiger partial charge < -0.3 is 14.4 Å². The Morgan fingerprint density at radius 1 is 1.46 bits per heavy atom. The first-order chi connectivity index (χ1) is 11.5. The number of amides is 1. The maximum absolute atomic E-state index is 12.4. The Hall–Kier alpha value is -2.45. The van der Waals surface area contributed by atoms with E-state index in [2.05, 4.69) is 10.1 Å². The normalized spacial score (nSPS) is 16.2. The molecule has 1 aliphatic rings. The van der Waals surface area contributed by atoms with E-state index in [0.717, 1.165) is 22.0 Å². The third-order valence-corrected chi connectivity index (χ3v) is 5.15. The van der Waals surface area contributed by atoms with Gasteiger partial charge in [0, 0.05) is 24.2 Å². The molecule has 1 N–H and O–H groups in total. The number of carbonyl (C=O) groups excluding carboxylic acids is 1. The standard InChI is InChI=1S/C16H16N4O3S/c1-19-13(2-4-17-19)16(22)9-20(10-16)14(21)6-12-8-24-15(18-12)11-3-5-23-7-11/h2-5,7-8,22H,6,9-10H2,1H3. The molecule has 0 bridgehead atoms. The van der Waals surface area contributed by atoms with E-state index in [1.807, 2.05) is 11.4 Å². The molecule has 3 aromatic rings. The van der Waals surface area contributed by atoms with Crippen molar-refractivity contribution in [2.45, 2.75) is 12.0 Å². The number of rotatable bonds is 4. The number of likely N-dealkylation sites (tertiary alicyclic amines) is 1. The lowest BCUT2D eigenvalue weighted by atomic mass is 9.90. The van der Waals surface area contributed by atoms with Gasteiger partial charge in [0.2, 0.25) is 5.91 Å². The summed E-state index contributed by atoms with van der Waals surface area (Å²) in [5, 5.41) is 17.4. The molecule has 0 saturated carbocycles. The number of carbonyl (C=O) groups is 1. The van der Waals surface area contributed by atoms with Gasteiger partial charge in [-0.3, -0.25) is 9.48 Å². The highest BCUT2D eigenvalue weighted by Gasteiger charge is 2.46. The lowest BCUT2D eigenvalue weighted by Crippen LogP contribution is -2.62. The molecule has 1 saturated heterocycles. The van der Waals surface area contributed by atoms with Crippen LogP contribution in [0, 0.1) is 0 Å². The lowest BCUT2D eigenvalue weighted by Gasteiger charge is -2.46. The largest absolute Gasteiger partial charge is 0.472 e. The molecule has 0 unspecified atom stereocenters. The van der Waals surface area contributed by atoms with Gasteiger partial charge in [0.05, 0.1) is 37.2 Å². The number of nitrogens with zero attached hydrogens (tertiary/aromatic N) is 4. The summed E-state index contributed by atoms with van der Waals surface area (Å²) in [6.07, 6.45) is 5.11. The van der Waals surface area contributed by atoms with Gasteiger partial charge in [-0.25, -0.2) is 4.98 Å². The van der Waals surface area contributed by atoms with Gasteiger partial charge in [0.1, 0.15) is 16.9 Å². The number of thiazole rings is 1. The van der Waals surface area contributed by atoms with Crippen LogP contribution in [0.3, 0.4) is 0 Å². The predicted molar refractivity (Wildman–Crippen MR) is 87.2 cm³/mol. The Balaban J connectivity index is 1.39. The summed E-state index contributed by atoms with van der Waals surface area (Å²) >= 11 is 1.48. The molecular weight excluding hydrogens is 328 g/mol. The summed E-state index contributed by atoms with van der Waals surface area (Å²) in [5.74, 6) is -0.0362. The molecule has 1 amide bonds. The van der Waals surface area contributed by atoms with Crippen LogP contribution >= 0.6 is 11.3 Å². The first-order valence-corrected chi connectivity index (χ1v) is 8.39. The Morgan fingerprint density at radius 2 is 2.29 bits per heavy atom. The highest BCUT2D eigenvalue weighted by Crippen LogP contribution is 2.32. The van der Waals surface area contributed by atoms with Crippen molar-refractivity contribution >= 4 is 17.2 Å². The van der Waals surface area contributed by atoms with Crippen LogP contribution in [-0.4, -0.2) is 43.8 Å². The third kappa shape index (κ3) is 2.53. The fourth-order valence-corrected chi connectivity index (χ4v) is 3.73. The summed E-state index contributed by atoms with van der Waals surface area (Å²) in [6.45, 7) is 0.564. The number of hydrogen-bond donors (Lipinski definition) is 1. The fourth-order valence-electron chi connectivity index (χ4n) is 2.93. The van der Waals surface area contributed by atoms with Crippen LogP contribution in [0.15, 0.2) is 40.7 Å². The lowest BCUT2D eigenvalue weighted by molar-refractivity contribution is -0.157. The van der Waals surface area contributed by atoms with Crippen LogP contribution in [0.2, 0.25) is 0 Å². The van der Waals surface area contributed by atoms with Crippen molar-refractivity contribution in [1.29, 1.82) is 0 Å². The minimum absolute atomic E-state index is 0.0362. The summed E-state index contributed by atoms with van der Waals surface area (Å²) < 4.78 is 6.69. The fraction of sp³-hybridized carbons (Fsp3) is 0.312. The van der Waals surface area contributed by atoms with E-state index in [4.69, 9.17) is 4.42 Å². The molecule has 4 heterocycles. The predicted octanol–water partition coefficient (Wildman–Crippen LogP) is 1.41. The highest BCUT2D eigenvalue weighted by atomic mass is 32.1. The highest BCUT2D eigenvalue weighted by molar-refractivity contribution is 7.13. The zero-order valence-electron chi connectivity index (χ0n) is 13.0. The average molecular weight is 344 g/mol. The molecule has 0 atom stereocenters. The van der Waals surface area contributed by atoms with Gasteiger partial charge in [-0.2, -0.15) is 5.10 Å². The number of aliphatic hydroxyl groups is 1. The summed E-state index contributed by atoms with van der Waals surface area (Å²) in [5.41, 5.74) is 1.36. The summed E-state index contributed by atoms with van der Waals surface area (Å²) in [7, 11) is 1.78. The zero-order chi connectivity index (χ0) is 16.7. The molecule has 1 aliphatic heterocycles. The number of hydrogen-bond acceptors (Lipinski definition) is 6. The second-order valence-corrected chi connectivity index (χ2v) is 6.81. The Morgan fingerprint density at radius 3 is 2.96 bits per heavy atom. The number of β-amino-alcohol motifs (C(OH)–C–C–N with tert-alkyl or cyclic N) is 1. The SMILES string of the molecule is Cn1nccc1C1(O)CN(C(=O)Cc2csc(-c3ccoc3)n2)C1. The maximum Gasteiger partial charge on any atom is 0.228 e. The van der Waals surface area contributed by atoms with Crippen molar-refractivity contribution in [3.63, 3.8) is 0 Å². The van der Waals surface area contributed by atoms with Crippen LogP contribution < -0.4 is 0 Å². The number of aromatic nitrogens is 3. The molecule has 0 radical (unpaired) electrons. The Kier molecular flexibility index (Phi) is 3.50. The van der Waals surface area contributed by atoms with Gasteiger partial charge in [-0.05, 0) is 12.1 Å². The van der Waals surface area contributed by atoms with Crippen molar-refractivity contribution in [3.05, 3.63) is 47.6 Å². The average Bonchev–Trinajstić information content (AvgIpc) is 3.24. The number of aryl methyl sites for hydroxylation is 1. The van der Waals surface area contributed by atoms with Gasteiger partial charge in [-0.15, -0.1) is 11.3 Å². The molecule has 8 heteroatoms. The maximum atomic E-state index is 12.4. The van der Waals surface area contributed by atoms with Crippen LogP contribution in [0.25, 0.3) is 10.6 Å². The Labute approximate surface area is 142 Å². The van der Waals surface area contributed by atoms with E-state index in [-0.39, 0.29) is 25.4 Å².